The third-order valence-corrected chi connectivity index (χ3v) is 4.81. The third-order valence-electron chi connectivity index (χ3n) is 4.81. The summed E-state index contributed by atoms with van der Waals surface area (Å²) in [5.74, 6) is -0.285. The summed E-state index contributed by atoms with van der Waals surface area (Å²) in [6.45, 7) is 1.77. The number of ether oxygens (including phenoxy) is 1. The molecule has 0 aliphatic carbocycles. The molecule has 0 heterocycles. The van der Waals surface area contributed by atoms with Gasteiger partial charge in [-0.3, -0.25) is 9.59 Å². The van der Waals surface area contributed by atoms with Crippen molar-refractivity contribution in [2.75, 3.05) is 13.2 Å². The van der Waals surface area contributed by atoms with E-state index in [4.69, 9.17) is 20.1 Å². The molecule has 0 aliphatic rings. The molecule has 0 amide bonds. The summed E-state index contributed by atoms with van der Waals surface area (Å²) < 4.78 is 4.86. The summed E-state index contributed by atoms with van der Waals surface area (Å²) >= 11 is 0. The van der Waals surface area contributed by atoms with Gasteiger partial charge in [-0.25, -0.2) is 0 Å². The number of hydrogen-bond donors (Lipinski definition) is 3. The minimum absolute atomic E-state index is 0.130. The molecule has 0 rings (SSSR count). The van der Waals surface area contributed by atoms with E-state index < -0.39 is 18.7 Å². The lowest BCUT2D eigenvalue weighted by atomic mass is 9.96. The molecule has 2 atom stereocenters. The van der Waals surface area contributed by atoms with Crippen LogP contribution in [0.2, 0.25) is 0 Å². The van der Waals surface area contributed by atoms with Crippen LogP contribution in [0.25, 0.3) is 0 Å². The van der Waals surface area contributed by atoms with Crippen molar-refractivity contribution in [1.29, 1.82) is 0 Å². The highest BCUT2D eigenvalue weighted by molar-refractivity contribution is 5.69. The predicted molar refractivity (Wildman–Crippen MR) is 105 cm³/mol. The number of aliphatic hydroxyl groups is 2. The van der Waals surface area contributed by atoms with Gasteiger partial charge in [0, 0.05) is 12.8 Å². The number of esters is 1. The number of carbonyl (C=O) groups is 2. The number of unbranched alkanes of at least 4 members (excludes halogenated alkanes) is 8. The van der Waals surface area contributed by atoms with Crippen LogP contribution in [0.5, 0.6) is 0 Å². The second-order valence-corrected chi connectivity index (χ2v) is 7.63. The summed E-state index contributed by atoms with van der Waals surface area (Å²) in [6.07, 6.45) is 13.0. The number of aliphatic hydroxyl groups excluding tert-OH is 2. The summed E-state index contributed by atoms with van der Waals surface area (Å²) in [5, 5.41) is 26.3. The standard InChI is InChI=1S/C21H40O6/c1-18(12-8-5-3-2-4-6-10-14-20(24)25)13-9-7-11-15-21(26)27-17-19(23)16-22/h18-19,22-23H,2-17H2,1H3,(H,24,25). The molecule has 2 unspecified atom stereocenters. The Morgan fingerprint density at radius 1 is 0.815 bits per heavy atom. The van der Waals surface area contributed by atoms with Crippen LogP contribution in [-0.2, 0) is 14.3 Å². The minimum atomic E-state index is -0.980. The van der Waals surface area contributed by atoms with Crippen LogP contribution in [0.1, 0.15) is 96.8 Å². The van der Waals surface area contributed by atoms with Crippen LogP contribution < -0.4 is 0 Å². The van der Waals surface area contributed by atoms with Crippen LogP contribution >= 0.6 is 0 Å². The zero-order valence-corrected chi connectivity index (χ0v) is 17.0. The minimum Gasteiger partial charge on any atom is -0.481 e. The summed E-state index contributed by atoms with van der Waals surface area (Å²) in [7, 11) is 0. The lowest BCUT2D eigenvalue weighted by Crippen LogP contribution is -2.21. The zero-order valence-electron chi connectivity index (χ0n) is 17.0. The monoisotopic (exact) mass is 388 g/mol. The topological polar surface area (TPSA) is 104 Å². The summed E-state index contributed by atoms with van der Waals surface area (Å²) in [4.78, 5) is 21.8. The summed E-state index contributed by atoms with van der Waals surface area (Å²) in [5.41, 5.74) is 0. The zero-order chi connectivity index (χ0) is 20.3. The van der Waals surface area contributed by atoms with Crippen molar-refractivity contribution in [2.45, 2.75) is 103 Å². The highest BCUT2D eigenvalue weighted by Crippen LogP contribution is 2.18. The number of carbonyl (C=O) groups excluding carboxylic acids is 1. The highest BCUT2D eigenvalue weighted by atomic mass is 16.5. The molecule has 27 heavy (non-hydrogen) atoms. The van der Waals surface area contributed by atoms with Crippen LogP contribution in [0.3, 0.4) is 0 Å². The number of hydrogen-bond acceptors (Lipinski definition) is 5. The smallest absolute Gasteiger partial charge is 0.305 e. The Kier molecular flexibility index (Phi) is 17.5. The van der Waals surface area contributed by atoms with E-state index in [1.54, 1.807) is 0 Å². The number of carboxylic acid groups (broad SMARTS) is 1. The largest absolute Gasteiger partial charge is 0.481 e. The lowest BCUT2D eigenvalue weighted by Gasteiger charge is -2.11. The maximum Gasteiger partial charge on any atom is 0.305 e. The Hall–Kier alpha value is -1.14. The van der Waals surface area contributed by atoms with Crippen molar-refractivity contribution in [2.24, 2.45) is 5.92 Å². The maximum absolute atomic E-state index is 11.4. The van der Waals surface area contributed by atoms with Crippen molar-refractivity contribution in [3.63, 3.8) is 0 Å². The van der Waals surface area contributed by atoms with Crippen LogP contribution in [0.15, 0.2) is 0 Å². The van der Waals surface area contributed by atoms with Crippen LogP contribution in [0, 0.1) is 5.92 Å². The molecular weight excluding hydrogens is 348 g/mol. The van der Waals surface area contributed by atoms with E-state index in [1.807, 2.05) is 0 Å². The Balaban J connectivity index is 3.33. The quantitative estimate of drug-likeness (QED) is 0.228. The van der Waals surface area contributed by atoms with Crippen molar-refractivity contribution in [3.05, 3.63) is 0 Å². The van der Waals surface area contributed by atoms with E-state index in [0.717, 1.165) is 38.5 Å². The fraction of sp³-hybridized carbons (Fsp3) is 0.905. The molecular formula is C21H40O6. The first kappa shape index (κ1) is 25.9. The molecule has 0 radical (unpaired) electrons. The normalized spacial score (nSPS) is 13.3. The second-order valence-electron chi connectivity index (χ2n) is 7.63. The van der Waals surface area contributed by atoms with Gasteiger partial charge in [0.2, 0.25) is 0 Å². The number of rotatable bonds is 19. The molecule has 0 spiro atoms. The van der Waals surface area contributed by atoms with Crippen molar-refractivity contribution in [3.8, 4) is 0 Å². The Bertz CT molecular complexity index is 372. The van der Waals surface area contributed by atoms with Crippen molar-refractivity contribution >= 4 is 11.9 Å². The van der Waals surface area contributed by atoms with E-state index in [2.05, 4.69) is 6.92 Å². The SMILES string of the molecule is CC(CCCCCCCCCC(=O)O)CCCCCC(=O)OCC(O)CO. The lowest BCUT2D eigenvalue weighted by molar-refractivity contribution is -0.147. The molecule has 0 aromatic carbocycles. The van der Waals surface area contributed by atoms with Gasteiger partial charge in [-0.05, 0) is 18.8 Å². The second kappa shape index (κ2) is 18.2. The Morgan fingerprint density at radius 3 is 1.85 bits per heavy atom. The van der Waals surface area contributed by atoms with Gasteiger partial charge in [0.25, 0.3) is 0 Å². The fourth-order valence-electron chi connectivity index (χ4n) is 3.05. The molecule has 160 valence electrons. The molecule has 0 aliphatic heterocycles. The Labute approximate surface area is 164 Å². The molecule has 0 bridgehead atoms. The third kappa shape index (κ3) is 19.4. The van der Waals surface area contributed by atoms with Crippen LogP contribution in [-0.4, -0.2) is 46.6 Å². The number of carboxylic acids is 1. The Morgan fingerprint density at radius 2 is 1.30 bits per heavy atom. The molecule has 6 nitrogen and oxygen atoms in total. The van der Waals surface area contributed by atoms with E-state index in [1.165, 1.54) is 38.5 Å². The van der Waals surface area contributed by atoms with Gasteiger partial charge in [-0.2, -0.15) is 0 Å². The first-order chi connectivity index (χ1) is 13.0. The van der Waals surface area contributed by atoms with Gasteiger partial charge in [0.15, 0.2) is 0 Å². The van der Waals surface area contributed by atoms with Gasteiger partial charge >= 0.3 is 11.9 Å². The predicted octanol–water partition coefficient (Wildman–Crippen LogP) is 4.06. The van der Waals surface area contributed by atoms with Gasteiger partial charge in [-0.1, -0.05) is 71.1 Å². The van der Waals surface area contributed by atoms with Crippen molar-refractivity contribution in [1.82, 2.24) is 0 Å². The fourth-order valence-corrected chi connectivity index (χ4v) is 3.05. The first-order valence-corrected chi connectivity index (χ1v) is 10.6. The molecule has 0 aromatic rings. The molecule has 0 saturated carbocycles. The molecule has 6 heteroatoms. The van der Waals surface area contributed by atoms with E-state index in [0.29, 0.717) is 18.8 Å². The van der Waals surface area contributed by atoms with Gasteiger partial charge in [0.05, 0.1) is 6.61 Å². The molecule has 0 fully saturated rings. The highest BCUT2D eigenvalue weighted by Gasteiger charge is 2.08. The van der Waals surface area contributed by atoms with E-state index in [9.17, 15) is 9.59 Å². The summed E-state index contributed by atoms with van der Waals surface area (Å²) in [6, 6.07) is 0. The molecule has 3 N–H and O–H groups in total. The van der Waals surface area contributed by atoms with Gasteiger partial charge < -0.3 is 20.1 Å². The molecule has 0 saturated heterocycles. The van der Waals surface area contributed by atoms with Crippen LogP contribution in [0.4, 0.5) is 0 Å². The number of aliphatic carboxylic acids is 1. The van der Waals surface area contributed by atoms with Gasteiger partial charge in [0.1, 0.15) is 12.7 Å². The first-order valence-electron chi connectivity index (χ1n) is 10.6. The average molecular weight is 389 g/mol. The average Bonchev–Trinajstić information content (AvgIpc) is 2.64. The van der Waals surface area contributed by atoms with Gasteiger partial charge in [-0.15, -0.1) is 0 Å². The van der Waals surface area contributed by atoms with Crippen molar-refractivity contribution < 1.29 is 29.6 Å². The van der Waals surface area contributed by atoms with E-state index >= 15 is 0 Å². The molecule has 0 aromatic heterocycles. The maximum atomic E-state index is 11.4. The van der Waals surface area contributed by atoms with E-state index in [-0.39, 0.29) is 12.6 Å².